The second-order valence-corrected chi connectivity index (χ2v) is 2.02. The Hall–Kier alpha value is 4.55. The van der Waals surface area contributed by atoms with Gasteiger partial charge in [-0.1, -0.05) is 6.58 Å². The van der Waals surface area contributed by atoms with Gasteiger partial charge in [-0.05, 0) is 9.05 Å². The van der Waals surface area contributed by atoms with E-state index in [0.29, 0.717) is 6.26 Å². The van der Waals surface area contributed by atoms with Crippen molar-refractivity contribution in [1.29, 1.82) is 0 Å². The molecule has 10 heavy (non-hydrogen) atoms. The fourth-order valence-electron chi connectivity index (χ4n) is 0.102. The third-order valence-electron chi connectivity index (χ3n) is 0.228. The van der Waals surface area contributed by atoms with Crippen LogP contribution in [0.2, 0.25) is 0 Å². The predicted octanol–water partition coefficient (Wildman–Crippen LogP) is -12.3. The Morgan fingerprint density at radius 2 is 1.40 bits per heavy atom. The first-order valence-electron chi connectivity index (χ1n) is 1.46. The van der Waals surface area contributed by atoms with Crippen LogP contribution < -0.4 is 169 Å². The van der Waals surface area contributed by atoms with Gasteiger partial charge in [-0.25, -0.2) is 0 Å². The Bertz CT molecular complexity index is 73.4. The minimum absolute atomic E-state index is 0. The molecule has 0 unspecified atom stereocenters. The molecule has 0 aliphatic heterocycles. The van der Waals surface area contributed by atoms with Crippen molar-refractivity contribution in [1.82, 2.24) is 0 Å². The van der Waals surface area contributed by atoms with Crippen molar-refractivity contribution >= 4 is 9.05 Å². The average molecular weight is 236 g/mol. The summed E-state index contributed by atoms with van der Waals surface area (Å²) in [5, 5.41) is 0. The third-order valence-corrected chi connectivity index (χ3v) is 0.683. The zero-order chi connectivity index (χ0) is 5.91. The SMILES string of the molecule is C=CO[Si]([O-])([O-])[O-].[K+].[K+].[K+]. The van der Waals surface area contributed by atoms with Gasteiger partial charge in [0.25, 0.3) is 0 Å². The molecular formula is C2H3K3O4Si. The summed E-state index contributed by atoms with van der Waals surface area (Å²) in [6.45, 7) is 2.86. The van der Waals surface area contributed by atoms with E-state index in [1.807, 2.05) is 0 Å². The summed E-state index contributed by atoms with van der Waals surface area (Å²) in [6, 6.07) is 0. The Labute approximate surface area is 189 Å². The number of hydrogen-bond donors (Lipinski definition) is 0. The molecule has 0 aliphatic carbocycles. The number of rotatable bonds is 2. The van der Waals surface area contributed by atoms with Crippen molar-refractivity contribution in [3.63, 3.8) is 0 Å². The molecule has 42 valence electrons. The molecule has 0 saturated heterocycles. The van der Waals surface area contributed by atoms with Crippen LogP contribution in [0.5, 0.6) is 0 Å². The standard InChI is InChI=1S/C2H3O4Si.3K/c1-2-6-7(3,4)5;;;/h2H,1H2;;;/q-3;3*+1. The largest absolute Gasteiger partial charge is 1.00 e. The summed E-state index contributed by atoms with van der Waals surface area (Å²) in [6.07, 6.45) is 0.583. The predicted molar refractivity (Wildman–Crippen MR) is 17.0 cm³/mol. The van der Waals surface area contributed by atoms with Crippen molar-refractivity contribution in [2.75, 3.05) is 0 Å². The zero-order valence-electron chi connectivity index (χ0n) is 6.42. The van der Waals surface area contributed by atoms with E-state index in [1.54, 1.807) is 0 Å². The van der Waals surface area contributed by atoms with Crippen LogP contribution in [0.25, 0.3) is 0 Å². The molecule has 0 rings (SSSR count). The molecule has 0 saturated carbocycles. The van der Waals surface area contributed by atoms with Crippen LogP contribution in [0.15, 0.2) is 12.8 Å². The van der Waals surface area contributed by atoms with Crippen LogP contribution in [0.1, 0.15) is 0 Å². The molecule has 0 amide bonds. The van der Waals surface area contributed by atoms with Crippen molar-refractivity contribution in [3.05, 3.63) is 12.8 Å². The van der Waals surface area contributed by atoms with E-state index in [0.717, 1.165) is 0 Å². The van der Waals surface area contributed by atoms with Crippen molar-refractivity contribution in [3.8, 4) is 0 Å². The summed E-state index contributed by atoms with van der Waals surface area (Å²) < 4.78 is 3.47. The van der Waals surface area contributed by atoms with E-state index in [4.69, 9.17) is 0 Å². The monoisotopic (exact) mass is 236 g/mol. The molecule has 0 aromatic rings. The van der Waals surface area contributed by atoms with E-state index in [-0.39, 0.29) is 154 Å². The van der Waals surface area contributed by atoms with Gasteiger partial charge in [-0.15, -0.1) is 0 Å². The first-order chi connectivity index (χ1) is 3.06. The molecule has 0 bridgehead atoms. The molecule has 0 radical (unpaired) electrons. The van der Waals surface area contributed by atoms with Crippen molar-refractivity contribution < 1.29 is 173 Å². The van der Waals surface area contributed by atoms with Gasteiger partial charge in [0.15, 0.2) is 0 Å². The molecule has 0 aromatic heterocycles. The Balaban J connectivity index is -0.0000000600. The summed E-state index contributed by atoms with van der Waals surface area (Å²) in [5.41, 5.74) is 0. The van der Waals surface area contributed by atoms with Gasteiger partial charge >= 0.3 is 154 Å². The Kier molecular flexibility index (Phi) is 32.5. The van der Waals surface area contributed by atoms with Crippen molar-refractivity contribution in [2.24, 2.45) is 0 Å². The van der Waals surface area contributed by atoms with E-state index in [1.165, 1.54) is 0 Å². The van der Waals surface area contributed by atoms with Gasteiger partial charge in [0.2, 0.25) is 0 Å². The van der Waals surface area contributed by atoms with Crippen LogP contribution in [-0.2, 0) is 4.43 Å². The molecule has 0 atom stereocenters. The van der Waals surface area contributed by atoms with E-state index < -0.39 is 9.05 Å². The summed E-state index contributed by atoms with van der Waals surface area (Å²) in [4.78, 5) is 28.3. The second kappa shape index (κ2) is 13.5. The topological polar surface area (TPSA) is 78.4 Å². The van der Waals surface area contributed by atoms with E-state index in [2.05, 4.69) is 11.0 Å². The minimum Gasteiger partial charge on any atom is -0.851 e. The van der Waals surface area contributed by atoms with Gasteiger partial charge in [0, 0.05) is 0 Å². The summed E-state index contributed by atoms with van der Waals surface area (Å²) in [5.74, 6) is 0. The molecule has 4 nitrogen and oxygen atoms in total. The van der Waals surface area contributed by atoms with Gasteiger partial charge in [-0.2, -0.15) is 0 Å². The molecule has 0 spiro atoms. The molecular weight excluding hydrogens is 233 g/mol. The zero-order valence-corrected chi connectivity index (χ0v) is 16.8. The Morgan fingerprint density at radius 3 is 1.40 bits per heavy atom. The molecule has 0 aromatic carbocycles. The van der Waals surface area contributed by atoms with Crippen LogP contribution in [0.4, 0.5) is 0 Å². The van der Waals surface area contributed by atoms with Crippen LogP contribution in [0.3, 0.4) is 0 Å². The minimum atomic E-state index is -5.03. The van der Waals surface area contributed by atoms with Crippen LogP contribution in [0, 0.1) is 0 Å². The average Bonchev–Trinajstić information content (AvgIpc) is 1.30. The number of hydrogen-bond acceptors (Lipinski definition) is 4. The maximum atomic E-state index is 9.44. The fraction of sp³-hybridized carbons (Fsp3) is 0. The van der Waals surface area contributed by atoms with Crippen LogP contribution >= 0.6 is 0 Å². The van der Waals surface area contributed by atoms with E-state index >= 15 is 0 Å². The van der Waals surface area contributed by atoms with Gasteiger partial charge in [-0.3, -0.25) is 0 Å². The van der Waals surface area contributed by atoms with Gasteiger partial charge in [0.1, 0.15) is 0 Å². The molecule has 0 aliphatic rings. The normalized spacial score (nSPS) is 7.50. The molecule has 0 N–H and O–H groups in total. The quantitative estimate of drug-likeness (QED) is 0.352. The van der Waals surface area contributed by atoms with E-state index in [9.17, 15) is 14.4 Å². The summed E-state index contributed by atoms with van der Waals surface area (Å²) >= 11 is 0. The molecule has 8 heteroatoms. The van der Waals surface area contributed by atoms with Crippen LogP contribution in [-0.4, -0.2) is 9.05 Å². The fourth-order valence-corrected chi connectivity index (χ4v) is 0.306. The second-order valence-electron chi connectivity index (χ2n) is 0.785. The Morgan fingerprint density at radius 1 is 1.10 bits per heavy atom. The molecule has 0 fully saturated rings. The van der Waals surface area contributed by atoms with Gasteiger partial charge in [0.05, 0.1) is 6.26 Å². The maximum Gasteiger partial charge on any atom is 1.00 e. The van der Waals surface area contributed by atoms with Gasteiger partial charge < -0.3 is 18.8 Å². The molecule has 0 heterocycles. The summed E-state index contributed by atoms with van der Waals surface area (Å²) in [7, 11) is -5.03. The first kappa shape index (κ1) is 24.0. The van der Waals surface area contributed by atoms with Crippen molar-refractivity contribution in [2.45, 2.75) is 0 Å². The maximum absolute atomic E-state index is 9.44. The smallest absolute Gasteiger partial charge is 0.851 e. The first-order valence-corrected chi connectivity index (χ1v) is 3.09. The third kappa shape index (κ3) is 22.9.